The molecule has 6 heteroatoms. The number of fused-ring (bicyclic) bond motifs is 2. The maximum Gasteiger partial charge on any atom is 0.231 e. The van der Waals surface area contributed by atoms with Crippen molar-refractivity contribution in [2.24, 2.45) is 0 Å². The first-order chi connectivity index (χ1) is 11.9. The zero-order chi connectivity index (χ0) is 15.9. The van der Waals surface area contributed by atoms with Gasteiger partial charge in [-0.05, 0) is 38.1 Å². The molecule has 0 spiro atoms. The van der Waals surface area contributed by atoms with Crippen LogP contribution >= 0.6 is 0 Å². The minimum absolute atomic E-state index is 0.280. The summed E-state index contributed by atoms with van der Waals surface area (Å²) in [6, 6.07) is 10.4. The van der Waals surface area contributed by atoms with Crippen molar-refractivity contribution < 1.29 is 9.47 Å². The maximum atomic E-state index is 5.57. The van der Waals surface area contributed by atoms with Crippen LogP contribution in [-0.2, 0) is 0 Å². The van der Waals surface area contributed by atoms with Crippen LogP contribution in [0.25, 0.3) is 22.6 Å². The molecule has 0 unspecified atom stereocenters. The molecule has 1 saturated heterocycles. The summed E-state index contributed by atoms with van der Waals surface area (Å²) in [4.78, 5) is 9.40. The lowest BCUT2D eigenvalue weighted by molar-refractivity contribution is 0.174. The number of imidazole rings is 1. The number of hydrogen-bond donors (Lipinski definition) is 1. The smallest absolute Gasteiger partial charge is 0.231 e. The summed E-state index contributed by atoms with van der Waals surface area (Å²) < 4.78 is 13.4. The summed E-state index contributed by atoms with van der Waals surface area (Å²) in [5.41, 5.74) is 2.92. The lowest BCUT2D eigenvalue weighted by atomic mass is 10.1. The normalized spacial score (nSPS) is 17.5. The van der Waals surface area contributed by atoms with Crippen LogP contribution in [0.15, 0.2) is 36.5 Å². The van der Waals surface area contributed by atoms with Crippen LogP contribution < -0.4 is 14.8 Å². The van der Waals surface area contributed by atoms with Crippen molar-refractivity contribution >= 4 is 11.0 Å². The summed E-state index contributed by atoms with van der Waals surface area (Å²) in [6.07, 6.45) is 3.98. The van der Waals surface area contributed by atoms with Crippen LogP contribution in [0, 0.1) is 0 Å². The number of nitrogens with one attached hydrogen (secondary N) is 1. The van der Waals surface area contributed by atoms with Crippen LogP contribution in [0.3, 0.4) is 0 Å². The molecule has 5 rings (SSSR count). The van der Waals surface area contributed by atoms with E-state index in [1.165, 1.54) is 0 Å². The van der Waals surface area contributed by atoms with Gasteiger partial charge in [0.25, 0.3) is 0 Å². The Morgan fingerprint density at radius 2 is 1.92 bits per heavy atom. The van der Waals surface area contributed by atoms with E-state index in [4.69, 9.17) is 14.5 Å². The average molecular weight is 322 g/mol. The second-order valence-electron chi connectivity index (χ2n) is 6.20. The SMILES string of the molecule is c1ccc(-c2nc3cc4c(cc3n2C2CCNCC2)OCO4)nc1. The van der Waals surface area contributed by atoms with Gasteiger partial charge in [-0.2, -0.15) is 0 Å². The van der Waals surface area contributed by atoms with Crippen LogP contribution in [0.1, 0.15) is 18.9 Å². The summed E-state index contributed by atoms with van der Waals surface area (Å²) in [7, 11) is 0. The van der Waals surface area contributed by atoms with Crippen molar-refractivity contribution in [3.05, 3.63) is 36.5 Å². The van der Waals surface area contributed by atoms with Gasteiger partial charge in [0.05, 0.1) is 11.0 Å². The number of aromatic nitrogens is 3. The van der Waals surface area contributed by atoms with Crippen LogP contribution in [0.2, 0.25) is 0 Å². The molecule has 0 amide bonds. The fourth-order valence-electron chi connectivity index (χ4n) is 3.60. The first kappa shape index (κ1) is 13.8. The molecule has 1 aromatic carbocycles. The quantitative estimate of drug-likeness (QED) is 0.786. The number of hydrogen-bond acceptors (Lipinski definition) is 5. The average Bonchev–Trinajstić information content (AvgIpc) is 3.24. The van der Waals surface area contributed by atoms with Crippen molar-refractivity contribution in [1.29, 1.82) is 0 Å². The van der Waals surface area contributed by atoms with E-state index in [1.54, 1.807) is 0 Å². The van der Waals surface area contributed by atoms with E-state index in [9.17, 15) is 0 Å². The van der Waals surface area contributed by atoms with Gasteiger partial charge >= 0.3 is 0 Å². The van der Waals surface area contributed by atoms with Gasteiger partial charge in [-0.15, -0.1) is 0 Å². The molecule has 0 radical (unpaired) electrons. The van der Waals surface area contributed by atoms with Crippen molar-refractivity contribution in [3.8, 4) is 23.0 Å². The molecule has 122 valence electrons. The number of benzene rings is 1. The Hall–Kier alpha value is -2.60. The molecule has 2 aliphatic rings. The summed E-state index contributed by atoms with van der Waals surface area (Å²) in [6.45, 7) is 2.33. The Balaban J connectivity index is 1.74. The summed E-state index contributed by atoms with van der Waals surface area (Å²) >= 11 is 0. The van der Waals surface area contributed by atoms with Gasteiger partial charge in [0.1, 0.15) is 5.69 Å². The number of nitrogens with zero attached hydrogens (tertiary/aromatic N) is 3. The third-order valence-corrected chi connectivity index (χ3v) is 4.75. The molecule has 0 aliphatic carbocycles. The van der Waals surface area contributed by atoms with Crippen LogP contribution in [-0.4, -0.2) is 34.4 Å². The first-order valence-corrected chi connectivity index (χ1v) is 8.34. The molecule has 3 aromatic rings. The molecule has 0 bridgehead atoms. The van der Waals surface area contributed by atoms with Gasteiger partial charge < -0.3 is 19.4 Å². The van der Waals surface area contributed by atoms with E-state index in [2.05, 4.69) is 20.9 Å². The highest BCUT2D eigenvalue weighted by Crippen LogP contribution is 2.39. The van der Waals surface area contributed by atoms with Crippen molar-refractivity contribution in [3.63, 3.8) is 0 Å². The zero-order valence-electron chi connectivity index (χ0n) is 13.2. The molecular formula is C18H18N4O2. The van der Waals surface area contributed by atoms with Gasteiger partial charge in [-0.1, -0.05) is 6.07 Å². The second-order valence-corrected chi connectivity index (χ2v) is 6.20. The van der Waals surface area contributed by atoms with E-state index in [-0.39, 0.29) is 6.79 Å². The summed E-state index contributed by atoms with van der Waals surface area (Å²) in [5, 5.41) is 3.43. The van der Waals surface area contributed by atoms with Crippen molar-refractivity contribution in [2.75, 3.05) is 19.9 Å². The van der Waals surface area contributed by atoms with Gasteiger partial charge in [-0.25, -0.2) is 4.98 Å². The standard InChI is InChI=1S/C18H18N4O2/c1-2-6-20-13(3-1)18-21-14-9-16-17(24-11-23-16)10-15(14)22(18)12-4-7-19-8-5-12/h1-3,6,9-10,12,19H,4-5,7-8,11H2. The second kappa shape index (κ2) is 5.49. The van der Waals surface area contributed by atoms with Crippen LogP contribution in [0.4, 0.5) is 0 Å². The highest BCUT2D eigenvalue weighted by Gasteiger charge is 2.25. The minimum Gasteiger partial charge on any atom is -0.454 e. The van der Waals surface area contributed by atoms with E-state index < -0.39 is 0 Å². The molecule has 1 N–H and O–H groups in total. The van der Waals surface area contributed by atoms with Gasteiger partial charge in [0.15, 0.2) is 17.3 Å². The van der Waals surface area contributed by atoms with E-state index in [1.807, 2.05) is 30.5 Å². The largest absolute Gasteiger partial charge is 0.454 e. The highest BCUT2D eigenvalue weighted by atomic mass is 16.7. The van der Waals surface area contributed by atoms with Gasteiger partial charge in [-0.3, -0.25) is 4.98 Å². The lowest BCUT2D eigenvalue weighted by Crippen LogP contribution is -2.29. The molecular weight excluding hydrogens is 304 g/mol. The first-order valence-electron chi connectivity index (χ1n) is 8.34. The lowest BCUT2D eigenvalue weighted by Gasteiger charge is -2.26. The monoisotopic (exact) mass is 322 g/mol. The molecule has 4 heterocycles. The Labute approximate surface area is 139 Å². The third kappa shape index (κ3) is 2.14. The fraction of sp³-hybridized carbons (Fsp3) is 0.333. The molecule has 2 aliphatic heterocycles. The molecule has 0 saturated carbocycles. The number of rotatable bonds is 2. The Bertz CT molecular complexity index is 885. The topological polar surface area (TPSA) is 61.2 Å². The van der Waals surface area contributed by atoms with Crippen LogP contribution in [0.5, 0.6) is 11.5 Å². The van der Waals surface area contributed by atoms with Crippen molar-refractivity contribution in [1.82, 2.24) is 19.9 Å². The third-order valence-electron chi connectivity index (χ3n) is 4.75. The van der Waals surface area contributed by atoms with Crippen molar-refractivity contribution in [2.45, 2.75) is 18.9 Å². The molecule has 24 heavy (non-hydrogen) atoms. The molecule has 1 fully saturated rings. The van der Waals surface area contributed by atoms with Gasteiger partial charge in [0.2, 0.25) is 6.79 Å². The van der Waals surface area contributed by atoms with E-state index in [0.717, 1.165) is 60.0 Å². The minimum atomic E-state index is 0.280. The molecule has 2 aromatic heterocycles. The molecule has 0 atom stereocenters. The highest BCUT2D eigenvalue weighted by molar-refractivity contribution is 5.84. The fourth-order valence-corrected chi connectivity index (χ4v) is 3.60. The number of ether oxygens (including phenoxy) is 2. The summed E-state index contributed by atoms with van der Waals surface area (Å²) in [5.74, 6) is 2.48. The predicted octanol–water partition coefficient (Wildman–Crippen LogP) is 2.75. The van der Waals surface area contributed by atoms with E-state index in [0.29, 0.717) is 6.04 Å². The number of piperidine rings is 1. The predicted molar refractivity (Wildman–Crippen MR) is 90.2 cm³/mol. The van der Waals surface area contributed by atoms with E-state index >= 15 is 0 Å². The Kier molecular flexibility index (Phi) is 3.16. The zero-order valence-corrected chi connectivity index (χ0v) is 13.2. The Morgan fingerprint density at radius 3 is 2.71 bits per heavy atom. The maximum absolute atomic E-state index is 5.57. The number of pyridine rings is 1. The molecule has 6 nitrogen and oxygen atoms in total. The van der Waals surface area contributed by atoms with Gasteiger partial charge in [0, 0.05) is 24.4 Å². The Morgan fingerprint density at radius 1 is 1.08 bits per heavy atom.